The second-order valence-electron chi connectivity index (χ2n) is 2.59. The Kier molecular flexibility index (Phi) is 1.64. The molecular weight excluding hydrogens is 192 g/mol. The van der Waals surface area contributed by atoms with Crippen LogP contribution in [-0.2, 0) is 6.61 Å². The molecule has 8 nitrogen and oxygen atoms in total. The van der Waals surface area contributed by atoms with Crippen molar-refractivity contribution >= 4 is 5.65 Å². The van der Waals surface area contributed by atoms with Crippen LogP contribution < -0.4 is 5.43 Å². The number of aromatic hydroxyl groups is 2. The van der Waals surface area contributed by atoms with Crippen molar-refractivity contribution < 1.29 is 15.3 Å². The number of nitrogens with one attached hydrogen (secondary N) is 1. The highest BCUT2D eigenvalue weighted by Gasteiger charge is 2.17. The maximum Gasteiger partial charge on any atom is 0.267 e. The van der Waals surface area contributed by atoms with Gasteiger partial charge in [-0.05, 0) is 0 Å². The molecule has 2 aromatic heterocycles. The maximum atomic E-state index is 11.2. The van der Waals surface area contributed by atoms with E-state index in [1.54, 1.807) is 0 Å². The Hall–Kier alpha value is -2.09. The number of pyridine rings is 1. The largest absolute Gasteiger partial charge is 0.503 e. The van der Waals surface area contributed by atoms with Crippen molar-refractivity contribution in [2.75, 3.05) is 0 Å². The van der Waals surface area contributed by atoms with Crippen LogP contribution in [0.4, 0.5) is 0 Å². The summed E-state index contributed by atoms with van der Waals surface area (Å²) in [5, 5.41) is 36.4. The monoisotopic (exact) mass is 198 g/mol. The highest BCUT2D eigenvalue weighted by atomic mass is 16.3. The van der Waals surface area contributed by atoms with Crippen molar-refractivity contribution in [3.63, 3.8) is 0 Å². The topological polar surface area (TPSA) is 124 Å². The summed E-state index contributed by atoms with van der Waals surface area (Å²) in [5.74, 6) is -1.44. The fourth-order valence-corrected chi connectivity index (χ4v) is 1.14. The van der Waals surface area contributed by atoms with Crippen LogP contribution in [0.1, 0.15) is 5.69 Å². The van der Waals surface area contributed by atoms with E-state index >= 15 is 0 Å². The van der Waals surface area contributed by atoms with Gasteiger partial charge in [0.25, 0.3) is 5.43 Å². The third-order valence-electron chi connectivity index (χ3n) is 1.84. The Bertz CT molecular complexity index is 542. The van der Waals surface area contributed by atoms with E-state index < -0.39 is 23.5 Å². The first kappa shape index (κ1) is 8.51. The highest BCUT2D eigenvalue weighted by molar-refractivity contribution is 5.55. The molecule has 2 aromatic rings. The van der Waals surface area contributed by atoms with E-state index in [1.807, 2.05) is 0 Å². The van der Waals surface area contributed by atoms with Gasteiger partial charge in [0.15, 0.2) is 5.75 Å². The lowest BCUT2D eigenvalue weighted by molar-refractivity contribution is 0.265. The number of rotatable bonds is 1. The minimum atomic E-state index is -0.983. The normalized spacial score (nSPS) is 10.9. The summed E-state index contributed by atoms with van der Waals surface area (Å²) < 4.78 is 1.02. The Morgan fingerprint density at radius 2 is 2.07 bits per heavy atom. The molecule has 0 fully saturated rings. The fraction of sp³-hybridized carbons (Fsp3) is 0.167. The van der Waals surface area contributed by atoms with Crippen molar-refractivity contribution in [3.8, 4) is 11.5 Å². The van der Waals surface area contributed by atoms with Gasteiger partial charge >= 0.3 is 0 Å². The van der Waals surface area contributed by atoms with Crippen molar-refractivity contribution in [1.82, 2.24) is 20.0 Å². The quantitative estimate of drug-likeness (QED) is 0.434. The molecule has 0 saturated heterocycles. The van der Waals surface area contributed by atoms with E-state index in [9.17, 15) is 15.0 Å². The van der Waals surface area contributed by atoms with Crippen molar-refractivity contribution in [3.05, 3.63) is 15.9 Å². The molecular formula is C6H6N4O4. The van der Waals surface area contributed by atoms with Gasteiger partial charge in [0.1, 0.15) is 5.69 Å². The van der Waals surface area contributed by atoms with Gasteiger partial charge in [-0.1, -0.05) is 5.21 Å². The van der Waals surface area contributed by atoms with Gasteiger partial charge in [-0.3, -0.25) is 4.79 Å². The molecule has 0 aliphatic carbocycles. The Balaban J connectivity index is 3.03. The lowest BCUT2D eigenvalue weighted by Gasteiger charge is -2.03. The molecule has 4 N–H and O–H groups in total. The second-order valence-corrected chi connectivity index (χ2v) is 2.59. The molecule has 8 heteroatoms. The Labute approximate surface area is 76.0 Å². The summed E-state index contributed by atoms with van der Waals surface area (Å²) in [6, 6.07) is 0. The number of H-pyrrole nitrogens is 1. The molecule has 0 bridgehead atoms. The van der Waals surface area contributed by atoms with Gasteiger partial charge in [-0.25, -0.2) is 4.52 Å². The van der Waals surface area contributed by atoms with Crippen LogP contribution in [0, 0.1) is 0 Å². The second kappa shape index (κ2) is 2.70. The fourth-order valence-electron chi connectivity index (χ4n) is 1.14. The smallest absolute Gasteiger partial charge is 0.267 e. The maximum absolute atomic E-state index is 11.2. The third kappa shape index (κ3) is 0.879. The van der Waals surface area contributed by atoms with Crippen LogP contribution in [-0.4, -0.2) is 35.4 Å². The van der Waals surface area contributed by atoms with Crippen molar-refractivity contribution in [1.29, 1.82) is 0 Å². The highest BCUT2D eigenvalue weighted by Crippen LogP contribution is 2.18. The van der Waals surface area contributed by atoms with E-state index in [2.05, 4.69) is 15.5 Å². The summed E-state index contributed by atoms with van der Waals surface area (Å²) >= 11 is 0. The molecule has 2 heterocycles. The van der Waals surface area contributed by atoms with Gasteiger partial charge in [0.2, 0.25) is 11.4 Å². The summed E-state index contributed by atoms with van der Waals surface area (Å²) in [5.41, 5.74) is -1.23. The van der Waals surface area contributed by atoms with Crippen LogP contribution in [0.3, 0.4) is 0 Å². The molecule has 0 saturated carbocycles. The zero-order valence-electron chi connectivity index (χ0n) is 6.80. The van der Waals surface area contributed by atoms with E-state index in [0.29, 0.717) is 0 Å². The molecule has 14 heavy (non-hydrogen) atoms. The number of nitrogens with zero attached hydrogens (tertiary/aromatic N) is 3. The number of aromatic nitrogens is 4. The Morgan fingerprint density at radius 3 is 2.71 bits per heavy atom. The molecule has 0 spiro atoms. The minimum absolute atomic E-state index is 0.104. The molecule has 0 amide bonds. The van der Waals surface area contributed by atoms with Gasteiger partial charge in [0, 0.05) is 0 Å². The molecule has 2 rings (SSSR count). The summed E-state index contributed by atoms with van der Waals surface area (Å²) in [4.78, 5) is 11.2. The molecule has 0 atom stereocenters. The Morgan fingerprint density at radius 1 is 1.36 bits per heavy atom. The van der Waals surface area contributed by atoms with E-state index in [-0.39, 0.29) is 11.3 Å². The van der Waals surface area contributed by atoms with Gasteiger partial charge < -0.3 is 15.3 Å². The first-order valence-electron chi connectivity index (χ1n) is 3.64. The average Bonchev–Trinajstić information content (AvgIpc) is 2.64. The first-order valence-corrected chi connectivity index (χ1v) is 3.64. The van der Waals surface area contributed by atoms with Gasteiger partial charge in [-0.15, -0.1) is 5.10 Å². The number of hydrogen-bond acceptors (Lipinski definition) is 6. The van der Waals surface area contributed by atoms with Gasteiger partial charge in [0.05, 0.1) is 6.61 Å². The average molecular weight is 198 g/mol. The van der Waals surface area contributed by atoms with Crippen LogP contribution in [0.2, 0.25) is 0 Å². The molecule has 0 aromatic carbocycles. The molecule has 0 aliphatic rings. The SMILES string of the molecule is O=c1c(O)c(CO)n2[nH]nnc2c1O. The van der Waals surface area contributed by atoms with Crippen LogP contribution in [0.25, 0.3) is 5.65 Å². The number of aliphatic hydroxyl groups is 1. The summed E-state index contributed by atoms with van der Waals surface area (Å²) in [6.07, 6.45) is 0. The lowest BCUT2D eigenvalue weighted by Crippen LogP contribution is -2.10. The van der Waals surface area contributed by atoms with Crippen molar-refractivity contribution in [2.45, 2.75) is 6.61 Å². The van der Waals surface area contributed by atoms with E-state index in [4.69, 9.17) is 5.11 Å². The molecule has 0 unspecified atom stereocenters. The van der Waals surface area contributed by atoms with E-state index in [1.165, 1.54) is 0 Å². The predicted molar refractivity (Wildman–Crippen MR) is 42.9 cm³/mol. The molecule has 74 valence electrons. The zero-order valence-corrected chi connectivity index (χ0v) is 6.80. The lowest BCUT2D eigenvalue weighted by atomic mass is 10.3. The first-order chi connectivity index (χ1) is 6.66. The van der Waals surface area contributed by atoms with Crippen LogP contribution in [0.15, 0.2) is 4.79 Å². The van der Waals surface area contributed by atoms with Crippen molar-refractivity contribution in [2.24, 2.45) is 0 Å². The van der Waals surface area contributed by atoms with Gasteiger partial charge in [-0.2, -0.15) is 5.21 Å². The molecule has 0 aliphatic heterocycles. The minimum Gasteiger partial charge on any atom is -0.503 e. The third-order valence-corrected chi connectivity index (χ3v) is 1.84. The summed E-state index contributed by atoms with van der Waals surface area (Å²) in [7, 11) is 0. The zero-order chi connectivity index (χ0) is 10.3. The number of fused-ring (bicyclic) bond motifs is 1. The van der Waals surface area contributed by atoms with E-state index in [0.717, 1.165) is 4.52 Å². The van der Waals surface area contributed by atoms with Crippen LogP contribution >= 0.6 is 0 Å². The predicted octanol–water partition coefficient (Wildman–Crippen LogP) is -1.68. The number of tetrazole rings is 1. The summed E-state index contributed by atoms with van der Waals surface area (Å²) in [6.45, 7) is -0.577. The number of aliphatic hydroxyl groups excluding tert-OH is 1. The van der Waals surface area contributed by atoms with Crippen LogP contribution in [0.5, 0.6) is 11.5 Å². The number of hydrogen-bond donors (Lipinski definition) is 4. The standard InChI is InChI=1S/C6H6N4O4/c11-1-2-3(12)4(13)5(14)6-7-8-9-10(2)6/h11-12,14H,1H2,(H,7,9). The number of aromatic amines is 1. The molecule has 0 radical (unpaired) electrons.